The Kier molecular flexibility index (Phi) is 6.97. The van der Waals surface area contributed by atoms with E-state index in [2.05, 4.69) is 4.90 Å². The Morgan fingerprint density at radius 1 is 1.18 bits per heavy atom. The molecule has 1 fully saturated rings. The molecule has 1 amide bonds. The van der Waals surface area contributed by atoms with Crippen LogP contribution in [0.5, 0.6) is 5.75 Å². The van der Waals surface area contributed by atoms with Crippen LogP contribution in [0.25, 0.3) is 21.0 Å². The summed E-state index contributed by atoms with van der Waals surface area (Å²) in [6.45, 7) is 6.80. The number of benzene rings is 3. The van der Waals surface area contributed by atoms with Crippen molar-refractivity contribution in [2.45, 2.75) is 6.92 Å². The number of carbonyl (C=O) groups is 1. The molecule has 6 nitrogen and oxygen atoms in total. The Morgan fingerprint density at radius 2 is 2.00 bits per heavy atom. The van der Waals surface area contributed by atoms with Gasteiger partial charge in [-0.1, -0.05) is 53.3 Å². The second-order valence-corrected chi connectivity index (χ2v) is 9.56. The first-order valence-electron chi connectivity index (χ1n) is 11.5. The molecule has 3 aromatic carbocycles. The topological polar surface area (TPSA) is 54.9 Å². The van der Waals surface area contributed by atoms with Gasteiger partial charge in [0.2, 0.25) is 0 Å². The van der Waals surface area contributed by atoms with Gasteiger partial charge in [-0.3, -0.25) is 14.6 Å². The number of fused-ring (bicyclic) bond motifs is 2. The Bertz CT molecular complexity index is 1320. The smallest absolute Gasteiger partial charge is 0.264 e. The molecule has 1 aliphatic rings. The molecule has 1 aliphatic heterocycles. The molecule has 0 bridgehead atoms. The summed E-state index contributed by atoms with van der Waals surface area (Å²) in [7, 11) is 0. The van der Waals surface area contributed by atoms with Crippen molar-refractivity contribution in [2.24, 2.45) is 0 Å². The third kappa shape index (κ3) is 4.74. The van der Waals surface area contributed by atoms with E-state index in [1.807, 2.05) is 61.5 Å². The van der Waals surface area contributed by atoms with Crippen molar-refractivity contribution in [1.29, 1.82) is 0 Å². The lowest BCUT2D eigenvalue weighted by atomic mass is 10.0. The summed E-state index contributed by atoms with van der Waals surface area (Å²) in [5, 5.41) is 3.19. The van der Waals surface area contributed by atoms with Gasteiger partial charge in [0, 0.05) is 31.2 Å². The number of hydrogen-bond acceptors (Lipinski definition) is 6. The van der Waals surface area contributed by atoms with Crippen LogP contribution < -0.4 is 9.64 Å². The Morgan fingerprint density at radius 3 is 2.82 bits per heavy atom. The molecule has 2 heterocycles. The molecule has 0 atom stereocenters. The fourth-order valence-electron chi connectivity index (χ4n) is 4.23. The summed E-state index contributed by atoms with van der Waals surface area (Å²) in [4.78, 5) is 23.1. The van der Waals surface area contributed by atoms with Crippen LogP contribution in [-0.4, -0.2) is 61.8 Å². The molecular weight excluding hydrogens is 470 g/mol. The number of halogens is 1. The fraction of sp³-hybridized carbons (Fsp3) is 0.308. The first-order chi connectivity index (χ1) is 16.6. The summed E-state index contributed by atoms with van der Waals surface area (Å²) in [5.41, 5.74) is 1.40. The SMILES string of the molecule is CCOc1ccc2ccccc2c1C(=O)N(CCN1CCOCC1)c1nc2ccc(Cl)cc2s1. The number of aromatic nitrogens is 1. The highest BCUT2D eigenvalue weighted by atomic mass is 35.5. The molecular formula is C26H26ClN3O3S. The number of amides is 1. The van der Waals surface area contributed by atoms with Gasteiger partial charge >= 0.3 is 0 Å². The van der Waals surface area contributed by atoms with E-state index >= 15 is 0 Å². The third-order valence-corrected chi connectivity index (χ3v) is 7.24. The van der Waals surface area contributed by atoms with Crippen LogP contribution in [0.3, 0.4) is 0 Å². The minimum Gasteiger partial charge on any atom is -0.493 e. The number of anilines is 1. The molecule has 0 N–H and O–H groups in total. The molecule has 5 rings (SSSR count). The maximum absolute atomic E-state index is 14.2. The average molecular weight is 496 g/mol. The highest BCUT2D eigenvalue weighted by Gasteiger charge is 2.27. The maximum Gasteiger partial charge on any atom is 0.264 e. The number of carbonyl (C=O) groups excluding carboxylic acids is 1. The Balaban J connectivity index is 1.57. The van der Waals surface area contributed by atoms with Gasteiger partial charge in [-0.25, -0.2) is 4.98 Å². The average Bonchev–Trinajstić information content (AvgIpc) is 3.27. The van der Waals surface area contributed by atoms with Crippen LogP contribution in [0.4, 0.5) is 5.13 Å². The molecule has 176 valence electrons. The molecule has 0 unspecified atom stereocenters. The molecule has 1 aromatic heterocycles. The first kappa shape index (κ1) is 23.1. The van der Waals surface area contributed by atoms with E-state index in [4.69, 9.17) is 26.1 Å². The van der Waals surface area contributed by atoms with Gasteiger partial charge in [0.1, 0.15) is 5.75 Å². The van der Waals surface area contributed by atoms with Crippen LogP contribution in [0.15, 0.2) is 54.6 Å². The number of hydrogen-bond donors (Lipinski definition) is 0. The van der Waals surface area contributed by atoms with Gasteiger partial charge in [0.05, 0.1) is 35.6 Å². The molecule has 1 saturated heterocycles. The molecule has 34 heavy (non-hydrogen) atoms. The van der Waals surface area contributed by atoms with Gasteiger partial charge in [-0.2, -0.15) is 0 Å². The minimum atomic E-state index is -0.112. The van der Waals surface area contributed by atoms with Crippen molar-refractivity contribution < 1.29 is 14.3 Å². The zero-order valence-electron chi connectivity index (χ0n) is 19.0. The predicted molar refractivity (Wildman–Crippen MR) is 139 cm³/mol. The van der Waals surface area contributed by atoms with Gasteiger partial charge in [0.25, 0.3) is 5.91 Å². The summed E-state index contributed by atoms with van der Waals surface area (Å²) >= 11 is 7.69. The van der Waals surface area contributed by atoms with Crippen LogP contribution in [0.2, 0.25) is 5.02 Å². The Labute approximate surface area is 207 Å². The predicted octanol–water partition coefficient (Wildman–Crippen LogP) is 5.48. The van der Waals surface area contributed by atoms with Crippen molar-refractivity contribution in [3.63, 3.8) is 0 Å². The lowest BCUT2D eigenvalue weighted by molar-refractivity contribution is 0.0391. The van der Waals surface area contributed by atoms with E-state index in [9.17, 15) is 4.79 Å². The lowest BCUT2D eigenvalue weighted by Gasteiger charge is -2.29. The van der Waals surface area contributed by atoms with Crippen LogP contribution in [0, 0.1) is 0 Å². The zero-order valence-corrected chi connectivity index (χ0v) is 20.6. The second kappa shape index (κ2) is 10.3. The van der Waals surface area contributed by atoms with Gasteiger partial charge in [0.15, 0.2) is 5.13 Å². The number of ether oxygens (including phenoxy) is 2. The number of nitrogens with zero attached hydrogens (tertiary/aromatic N) is 3. The zero-order chi connectivity index (χ0) is 23.5. The molecule has 0 saturated carbocycles. The van der Waals surface area contributed by atoms with Crippen LogP contribution in [-0.2, 0) is 4.74 Å². The lowest BCUT2D eigenvalue weighted by Crippen LogP contribution is -2.43. The number of morpholine rings is 1. The van der Waals surface area contributed by atoms with Crippen LogP contribution in [0.1, 0.15) is 17.3 Å². The summed E-state index contributed by atoms with van der Waals surface area (Å²) in [6.07, 6.45) is 0. The number of rotatable bonds is 7. The largest absolute Gasteiger partial charge is 0.493 e. The fourth-order valence-corrected chi connectivity index (χ4v) is 5.50. The minimum absolute atomic E-state index is 0.112. The highest BCUT2D eigenvalue weighted by molar-refractivity contribution is 7.22. The van der Waals surface area contributed by atoms with E-state index in [1.54, 1.807) is 4.90 Å². The van der Waals surface area contributed by atoms with E-state index in [0.717, 1.165) is 40.6 Å². The maximum atomic E-state index is 14.2. The standard InChI is InChI=1S/C26H26ClN3O3S/c1-2-33-22-10-7-18-5-3-4-6-20(18)24(22)25(31)30(12-11-29-13-15-32-16-14-29)26-28-21-9-8-19(27)17-23(21)34-26/h3-10,17H,2,11-16H2,1H3. The Hall–Kier alpha value is -2.71. The molecule has 0 radical (unpaired) electrons. The van der Waals surface area contributed by atoms with Crippen molar-refractivity contribution in [3.05, 3.63) is 65.2 Å². The third-order valence-electron chi connectivity index (χ3n) is 5.96. The van der Waals surface area contributed by atoms with Crippen molar-refractivity contribution in [2.75, 3.05) is 50.9 Å². The summed E-state index contributed by atoms with van der Waals surface area (Å²) < 4.78 is 12.4. The van der Waals surface area contributed by atoms with Crippen molar-refractivity contribution in [3.8, 4) is 5.75 Å². The second-order valence-electron chi connectivity index (χ2n) is 8.11. The normalized spacial score (nSPS) is 14.5. The van der Waals surface area contributed by atoms with E-state index < -0.39 is 0 Å². The van der Waals surface area contributed by atoms with E-state index in [1.165, 1.54) is 11.3 Å². The molecule has 0 spiro atoms. The molecule has 4 aromatic rings. The van der Waals surface area contributed by atoms with Crippen molar-refractivity contribution >= 4 is 55.0 Å². The van der Waals surface area contributed by atoms with Gasteiger partial charge < -0.3 is 9.47 Å². The summed E-state index contributed by atoms with van der Waals surface area (Å²) in [6, 6.07) is 17.4. The van der Waals surface area contributed by atoms with Gasteiger partial charge in [-0.05, 0) is 42.0 Å². The molecule has 0 aliphatic carbocycles. The molecule has 8 heteroatoms. The highest BCUT2D eigenvalue weighted by Crippen LogP contribution is 2.35. The van der Waals surface area contributed by atoms with E-state index in [-0.39, 0.29) is 5.91 Å². The quantitative estimate of drug-likeness (QED) is 0.340. The number of thiazole rings is 1. The monoisotopic (exact) mass is 495 g/mol. The van der Waals surface area contributed by atoms with Crippen molar-refractivity contribution in [1.82, 2.24) is 9.88 Å². The first-order valence-corrected chi connectivity index (χ1v) is 12.7. The van der Waals surface area contributed by atoms with Crippen LogP contribution >= 0.6 is 22.9 Å². The van der Waals surface area contributed by atoms with Gasteiger partial charge in [-0.15, -0.1) is 0 Å². The van der Waals surface area contributed by atoms with E-state index in [0.29, 0.717) is 47.8 Å². The summed E-state index contributed by atoms with van der Waals surface area (Å²) in [5.74, 6) is 0.477.